The topological polar surface area (TPSA) is 51.5 Å². The first-order valence-corrected chi connectivity index (χ1v) is 7.52. The van der Waals surface area contributed by atoms with Gasteiger partial charge in [-0.05, 0) is 37.3 Å². The Morgan fingerprint density at radius 2 is 1.84 bits per heavy atom. The summed E-state index contributed by atoms with van der Waals surface area (Å²) < 4.78 is 44.5. The van der Waals surface area contributed by atoms with Gasteiger partial charge in [0.1, 0.15) is 5.69 Å². The third-order valence-corrected chi connectivity index (χ3v) is 4.20. The average molecular weight is 352 g/mol. The molecule has 0 N–H and O–H groups in total. The highest BCUT2D eigenvalue weighted by molar-refractivity contribution is 6.12. The van der Waals surface area contributed by atoms with Gasteiger partial charge in [0.15, 0.2) is 0 Å². The van der Waals surface area contributed by atoms with Gasteiger partial charge in [0.25, 0.3) is 5.91 Å². The number of carbonyl (C=O) groups is 2. The van der Waals surface area contributed by atoms with Crippen molar-refractivity contribution < 1.29 is 27.5 Å². The molecule has 8 heteroatoms. The Morgan fingerprint density at radius 1 is 1.20 bits per heavy atom. The van der Waals surface area contributed by atoms with Crippen LogP contribution in [0.5, 0.6) is 0 Å². The Bertz CT molecular complexity index is 825. The fourth-order valence-electron chi connectivity index (χ4n) is 2.93. The molecule has 1 unspecified atom stereocenters. The quantitative estimate of drug-likeness (QED) is 0.777. The normalized spacial score (nSPS) is 17.4. The molecule has 1 aromatic heterocycles. The van der Waals surface area contributed by atoms with Crippen LogP contribution in [-0.2, 0) is 10.9 Å². The van der Waals surface area contributed by atoms with Crippen LogP contribution in [0.3, 0.4) is 0 Å². The Hall–Kier alpha value is -2.77. The molecule has 1 aliphatic rings. The molecule has 1 atom stereocenters. The van der Waals surface area contributed by atoms with Crippen molar-refractivity contribution in [1.82, 2.24) is 4.57 Å². The first kappa shape index (κ1) is 17.1. The van der Waals surface area contributed by atoms with Crippen LogP contribution >= 0.6 is 0 Å². The molecule has 2 aromatic rings. The van der Waals surface area contributed by atoms with E-state index in [2.05, 4.69) is 0 Å². The van der Waals surface area contributed by atoms with E-state index in [9.17, 15) is 22.8 Å². The van der Waals surface area contributed by atoms with Crippen LogP contribution in [0, 0.1) is 0 Å². The van der Waals surface area contributed by atoms with Crippen LogP contribution in [0.1, 0.15) is 39.4 Å². The minimum Gasteiger partial charge on any atom is -0.465 e. The van der Waals surface area contributed by atoms with E-state index in [4.69, 9.17) is 4.74 Å². The molecule has 0 saturated carbocycles. The van der Waals surface area contributed by atoms with Crippen molar-refractivity contribution >= 4 is 17.6 Å². The number of hydrogen-bond donors (Lipinski definition) is 0. The van der Waals surface area contributed by atoms with Gasteiger partial charge in [0.05, 0.1) is 18.2 Å². The summed E-state index contributed by atoms with van der Waals surface area (Å²) in [4.78, 5) is 26.1. The number of alkyl halides is 3. The first-order valence-electron chi connectivity index (χ1n) is 7.52. The maximum Gasteiger partial charge on any atom is 0.416 e. The van der Waals surface area contributed by atoms with Gasteiger partial charge in [0, 0.05) is 24.5 Å². The van der Waals surface area contributed by atoms with Gasteiger partial charge < -0.3 is 14.2 Å². The average Bonchev–Trinajstić information content (AvgIpc) is 3.02. The fraction of sp³-hybridized carbons (Fsp3) is 0.294. The molecule has 2 heterocycles. The van der Waals surface area contributed by atoms with E-state index in [-0.39, 0.29) is 23.8 Å². The SMILES string of the molecule is COC(=O)c1ccn2c1C(=O)N(c1ccc(C(F)(F)F)cc1)CC2C. The molecule has 1 aromatic carbocycles. The number of rotatable bonds is 2. The molecule has 0 radical (unpaired) electrons. The number of fused-ring (bicyclic) bond motifs is 1. The zero-order valence-electron chi connectivity index (χ0n) is 13.5. The number of aromatic nitrogens is 1. The van der Waals surface area contributed by atoms with Crippen molar-refractivity contribution in [1.29, 1.82) is 0 Å². The molecule has 5 nitrogen and oxygen atoms in total. The van der Waals surface area contributed by atoms with Crippen LogP contribution in [-0.4, -0.2) is 30.1 Å². The molecule has 0 aliphatic carbocycles. The predicted octanol–water partition coefficient (Wildman–Crippen LogP) is 3.51. The Morgan fingerprint density at radius 3 is 2.40 bits per heavy atom. The van der Waals surface area contributed by atoms with Crippen molar-refractivity contribution in [2.45, 2.75) is 19.1 Å². The molecule has 0 spiro atoms. The number of amides is 1. The van der Waals surface area contributed by atoms with E-state index in [1.165, 1.54) is 30.2 Å². The number of esters is 1. The highest BCUT2D eigenvalue weighted by atomic mass is 19.4. The summed E-state index contributed by atoms with van der Waals surface area (Å²) >= 11 is 0. The standard InChI is InChI=1S/C17H15F3N2O3/c1-10-9-22(12-5-3-11(4-6-12)17(18,19)20)15(23)14-13(16(24)25-2)7-8-21(10)14/h3-8,10H,9H2,1-2H3. The Kier molecular flexibility index (Phi) is 4.06. The molecule has 132 valence electrons. The lowest BCUT2D eigenvalue weighted by molar-refractivity contribution is -0.137. The molecule has 0 bridgehead atoms. The van der Waals surface area contributed by atoms with E-state index in [1.54, 1.807) is 10.8 Å². The summed E-state index contributed by atoms with van der Waals surface area (Å²) in [5, 5.41) is 0. The summed E-state index contributed by atoms with van der Waals surface area (Å²) in [6, 6.07) is 5.73. The third-order valence-electron chi connectivity index (χ3n) is 4.20. The maximum atomic E-state index is 12.8. The van der Waals surface area contributed by atoms with E-state index in [0.29, 0.717) is 5.69 Å². The zero-order chi connectivity index (χ0) is 18.4. The van der Waals surface area contributed by atoms with Crippen LogP contribution in [0.2, 0.25) is 0 Å². The number of halogens is 3. The summed E-state index contributed by atoms with van der Waals surface area (Å²) in [6.07, 6.45) is -2.81. The van der Waals surface area contributed by atoms with E-state index in [0.717, 1.165) is 12.1 Å². The summed E-state index contributed by atoms with van der Waals surface area (Å²) in [7, 11) is 1.22. The van der Waals surface area contributed by atoms with Gasteiger partial charge >= 0.3 is 12.1 Å². The van der Waals surface area contributed by atoms with Crippen molar-refractivity contribution in [3.05, 3.63) is 53.3 Å². The summed E-state index contributed by atoms with van der Waals surface area (Å²) in [5.74, 6) is -1.09. The molecule has 1 amide bonds. The van der Waals surface area contributed by atoms with Gasteiger partial charge in [-0.1, -0.05) is 0 Å². The number of nitrogens with zero attached hydrogens (tertiary/aromatic N) is 2. The second-order valence-electron chi connectivity index (χ2n) is 5.79. The number of benzene rings is 1. The van der Waals surface area contributed by atoms with Crippen molar-refractivity contribution in [2.24, 2.45) is 0 Å². The first-order chi connectivity index (χ1) is 11.7. The third kappa shape index (κ3) is 2.88. The number of hydrogen-bond acceptors (Lipinski definition) is 3. The number of anilines is 1. The van der Waals surface area contributed by atoms with Gasteiger partial charge in [-0.2, -0.15) is 13.2 Å². The molecular formula is C17H15F3N2O3. The minimum atomic E-state index is -4.44. The second-order valence-corrected chi connectivity index (χ2v) is 5.79. The lowest BCUT2D eigenvalue weighted by Gasteiger charge is -2.33. The number of carbonyl (C=O) groups excluding carboxylic acids is 2. The highest BCUT2D eigenvalue weighted by Gasteiger charge is 2.35. The summed E-state index contributed by atoms with van der Waals surface area (Å²) in [6.45, 7) is 2.14. The van der Waals surface area contributed by atoms with Crippen LogP contribution < -0.4 is 4.90 Å². The fourth-order valence-corrected chi connectivity index (χ4v) is 2.93. The second kappa shape index (κ2) is 5.94. The monoisotopic (exact) mass is 352 g/mol. The molecular weight excluding hydrogens is 337 g/mol. The van der Waals surface area contributed by atoms with E-state index in [1.807, 2.05) is 6.92 Å². The van der Waals surface area contributed by atoms with Crippen molar-refractivity contribution in [3.63, 3.8) is 0 Å². The number of methoxy groups -OCH3 is 1. The Balaban J connectivity index is 1.99. The largest absolute Gasteiger partial charge is 0.465 e. The van der Waals surface area contributed by atoms with Crippen LogP contribution in [0.15, 0.2) is 36.5 Å². The maximum absolute atomic E-state index is 12.8. The van der Waals surface area contributed by atoms with Crippen molar-refractivity contribution in [3.8, 4) is 0 Å². The van der Waals surface area contributed by atoms with Crippen molar-refractivity contribution in [2.75, 3.05) is 18.6 Å². The summed E-state index contributed by atoms with van der Waals surface area (Å²) in [5.41, 5.74) is -0.137. The van der Waals surface area contributed by atoms with Crippen LogP contribution in [0.25, 0.3) is 0 Å². The highest BCUT2D eigenvalue weighted by Crippen LogP contribution is 2.33. The van der Waals surface area contributed by atoms with Gasteiger partial charge in [-0.15, -0.1) is 0 Å². The van der Waals surface area contributed by atoms with Gasteiger partial charge in [-0.25, -0.2) is 4.79 Å². The Labute approximate surface area is 141 Å². The number of ether oxygens (including phenoxy) is 1. The lowest BCUT2D eigenvalue weighted by Crippen LogP contribution is -2.42. The zero-order valence-corrected chi connectivity index (χ0v) is 13.5. The van der Waals surface area contributed by atoms with E-state index >= 15 is 0 Å². The van der Waals surface area contributed by atoms with Gasteiger partial charge in [0.2, 0.25) is 0 Å². The molecule has 25 heavy (non-hydrogen) atoms. The van der Waals surface area contributed by atoms with Gasteiger partial charge in [-0.3, -0.25) is 4.79 Å². The predicted molar refractivity (Wildman–Crippen MR) is 83.6 cm³/mol. The lowest BCUT2D eigenvalue weighted by atomic mass is 10.1. The molecule has 0 saturated heterocycles. The van der Waals surface area contributed by atoms with E-state index < -0.39 is 23.6 Å². The molecule has 0 fully saturated rings. The smallest absolute Gasteiger partial charge is 0.416 e. The molecule has 1 aliphatic heterocycles. The minimum absolute atomic E-state index is 0.135. The van der Waals surface area contributed by atoms with Crippen LogP contribution in [0.4, 0.5) is 18.9 Å². The molecule has 3 rings (SSSR count).